The summed E-state index contributed by atoms with van der Waals surface area (Å²) in [4.78, 5) is 0. The maximum Gasteiger partial charge on any atom is 4.00 e. The van der Waals surface area contributed by atoms with Gasteiger partial charge in [-0.3, -0.25) is 0 Å². The molecule has 31 heavy (non-hydrogen) atoms. The topological polar surface area (TPSA) is 0 Å². The minimum atomic E-state index is 0. The molecular weight excluding hydrogens is 533 g/mol. The second kappa shape index (κ2) is 39.9. The molecule has 0 saturated heterocycles. The number of rotatable bonds is 11. The van der Waals surface area contributed by atoms with Gasteiger partial charge in [0.25, 0.3) is 0 Å². The zero-order valence-corrected chi connectivity index (χ0v) is 28.2. The Morgan fingerprint density at radius 3 is 0.419 bits per heavy atom. The summed E-state index contributed by atoms with van der Waals surface area (Å²) in [5, 5.41) is 0. The summed E-state index contributed by atoms with van der Waals surface area (Å²) in [6, 6.07) is 0. The smallest absolute Gasteiger partial charge is 0.794 e. The first kappa shape index (κ1) is 47.0. The second-order valence-electron chi connectivity index (χ2n) is 6.44. The van der Waals surface area contributed by atoms with E-state index in [2.05, 4.69) is 131 Å². The molecule has 0 unspecified atom stereocenters. The van der Waals surface area contributed by atoms with Gasteiger partial charge in [-0.05, 0) is 55.4 Å². The molecule has 0 aromatic rings. The van der Waals surface area contributed by atoms with Crippen molar-refractivity contribution in [2.75, 3.05) is 86.9 Å². The van der Waals surface area contributed by atoms with E-state index in [9.17, 15) is 0 Å². The zero-order valence-electron chi connectivity index (χ0n) is 21.7. The molecule has 0 fully saturated rings. The van der Waals surface area contributed by atoms with Crippen LogP contribution in [0.3, 0.4) is 0 Å². The molecule has 0 spiro atoms. The molecule has 0 amide bonds. The fourth-order valence-corrected chi connectivity index (χ4v) is 2.68. The van der Waals surface area contributed by atoms with E-state index in [-0.39, 0.29) is 21.7 Å². The summed E-state index contributed by atoms with van der Waals surface area (Å²) < 4.78 is 2.56. The minimum absolute atomic E-state index is 0. The number of nitrogens with zero attached hydrogens (tertiary/aromatic N) is 2. The molecule has 0 saturated carbocycles. The summed E-state index contributed by atoms with van der Waals surface area (Å²) in [5.41, 5.74) is 0. The van der Waals surface area contributed by atoms with E-state index in [1.807, 2.05) is 0 Å². The summed E-state index contributed by atoms with van der Waals surface area (Å²) >= 11 is 26.7. The average Bonchev–Trinajstić information content (AvgIpc) is 2.83. The van der Waals surface area contributed by atoms with E-state index in [0.717, 1.165) is 34.5 Å². The molecule has 0 aliphatic rings. The van der Waals surface area contributed by atoms with E-state index in [1.54, 1.807) is 0 Å². The van der Waals surface area contributed by atoms with Gasteiger partial charge in [-0.25, -0.2) is 0 Å². The Labute approximate surface area is 246 Å². The van der Waals surface area contributed by atoms with Crippen molar-refractivity contribution in [3.63, 3.8) is 0 Å². The van der Waals surface area contributed by atoms with Crippen molar-refractivity contribution in [2.45, 2.75) is 55.4 Å². The van der Waals surface area contributed by atoms with Crippen LogP contribution in [0.5, 0.6) is 0 Å². The average molecular weight is 585 g/mol. The molecule has 0 bridgehead atoms. The Hall–Kier alpha value is 2.73. The third-order valence-corrected chi connectivity index (χ3v) is 7.62. The Kier molecular flexibility index (Phi) is 60.5. The molecule has 0 atom stereocenters. The number of hydrogen-bond acceptors (Lipinski definition) is 6. The van der Waals surface area contributed by atoms with Gasteiger partial charge >= 0.3 is 21.7 Å². The predicted molar refractivity (Wildman–Crippen MR) is 158 cm³/mol. The van der Waals surface area contributed by atoms with Crippen LogP contribution in [0.15, 0.2) is 0 Å². The third-order valence-electron chi connectivity index (χ3n) is 5.62. The van der Waals surface area contributed by atoms with Gasteiger partial charge in [-0.2, -0.15) is 34.5 Å². The van der Waals surface area contributed by atoms with Gasteiger partial charge in [0.1, 0.15) is 0 Å². The van der Waals surface area contributed by atoms with E-state index < -0.39 is 0 Å². The van der Waals surface area contributed by atoms with Crippen LogP contribution in [0.1, 0.15) is 55.4 Å². The van der Waals surface area contributed by atoms with Crippen molar-refractivity contribution in [3.8, 4) is 0 Å². The standard InChI is InChI=1S/2C8H20N.3C2H6S2.Ti/c2*1-5-9(6-2,7-3)8-4;3*3-1-2-4;/h2*5-8H2,1-4H3;3*3-4H,1-2H2;/q2*+1;;;;+4/p-6. The maximum absolute atomic E-state index is 4.45. The molecular formula is C22H52N2S6Ti. The van der Waals surface area contributed by atoms with Gasteiger partial charge in [-0.1, -0.05) is 0 Å². The fraction of sp³-hybridized carbons (Fsp3) is 1.00. The SMILES string of the molecule is CC[N+](CC)(CC)CC.CC[N+](CC)(CC)CC.[S-]CC[S-].[S-]CC[S-].[S-]CC[S-].[Ti+4]. The van der Waals surface area contributed by atoms with Crippen molar-refractivity contribution in [1.82, 2.24) is 0 Å². The van der Waals surface area contributed by atoms with Crippen LogP contribution < -0.4 is 0 Å². The van der Waals surface area contributed by atoms with Gasteiger partial charge in [0, 0.05) is 0 Å². The minimum Gasteiger partial charge on any atom is -0.794 e. The molecule has 0 radical (unpaired) electrons. The van der Waals surface area contributed by atoms with Crippen LogP contribution in [-0.2, 0) is 97.5 Å². The van der Waals surface area contributed by atoms with Crippen LogP contribution in [0.25, 0.3) is 0 Å². The van der Waals surface area contributed by atoms with Crippen LogP contribution in [0.4, 0.5) is 0 Å². The third kappa shape index (κ3) is 35.0. The number of quaternary nitrogens is 2. The van der Waals surface area contributed by atoms with Crippen molar-refractivity contribution < 1.29 is 30.7 Å². The summed E-state index contributed by atoms with van der Waals surface area (Å²) in [6.07, 6.45) is 0. The second-order valence-corrected chi connectivity index (χ2v) is 8.89. The van der Waals surface area contributed by atoms with Crippen LogP contribution in [0.2, 0.25) is 0 Å². The Morgan fingerprint density at radius 2 is 0.419 bits per heavy atom. The maximum atomic E-state index is 4.45. The zero-order chi connectivity index (χ0) is 24.9. The first-order valence-electron chi connectivity index (χ1n) is 11.4. The number of hydrogen-bond donors (Lipinski definition) is 0. The Bertz CT molecular complexity index is 200. The monoisotopic (exact) mass is 584 g/mol. The molecule has 0 aromatic heterocycles. The molecule has 0 aliphatic carbocycles. The normalized spacial score (nSPS) is 9.87. The first-order valence-corrected chi connectivity index (χ1v) is 14.9. The molecule has 0 N–H and O–H groups in total. The van der Waals surface area contributed by atoms with Gasteiger partial charge in [0.15, 0.2) is 0 Å². The summed E-state index contributed by atoms with van der Waals surface area (Å²) in [5.74, 6) is 4.31. The first-order chi connectivity index (χ1) is 14.2. The van der Waals surface area contributed by atoms with Gasteiger partial charge in [0.2, 0.25) is 0 Å². The van der Waals surface area contributed by atoms with Gasteiger partial charge in [-0.15, -0.1) is 0 Å². The Morgan fingerprint density at radius 1 is 0.323 bits per heavy atom. The van der Waals surface area contributed by atoms with Crippen LogP contribution >= 0.6 is 0 Å². The molecule has 0 rings (SSSR count). The van der Waals surface area contributed by atoms with E-state index in [4.69, 9.17) is 0 Å². The van der Waals surface area contributed by atoms with E-state index in [1.165, 1.54) is 61.3 Å². The quantitative estimate of drug-likeness (QED) is 0.203. The van der Waals surface area contributed by atoms with E-state index in [0.29, 0.717) is 0 Å². The molecule has 0 heterocycles. The molecule has 190 valence electrons. The van der Waals surface area contributed by atoms with Crippen molar-refractivity contribution >= 4 is 75.8 Å². The van der Waals surface area contributed by atoms with Crippen molar-refractivity contribution in [3.05, 3.63) is 0 Å². The largest absolute Gasteiger partial charge is 4.00 e. The fourth-order valence-electron chi connectivity index (χ4n) is 2.68. The predicted octanol–water partition coefficient (Wildman–Crippen LogP) is 4.00. The van der Waals surface area contributed by atoms with Crippen LogP contribution in [0, 0.1) is 0 Å². The van der Waals surface area contributed by atoms with E-state index >= 15 is 0 Å². The molecule has 2 nitrogen and oxygen atoms in total. The molecule has 0 aromatic carbocycles. The van der Waals surface area contributed by atoms with Gasteiger partial charge < -0.3 is 84.7 Å². The van der Waals surface area contributed by atoms with Gasteiger partial charge in [0.05, 0.1) is 52.4 Å². The summed E-state index contributed by atoms with van der Waals surface area (Å²) in [7, 11) is 0. The van der Waals surface area contributed by atoms with Crippen molar-refractivity contribution in [1.29, 1.82) is 0 Å². The van der Waals surface area contributed by atoms with Crippen LogP contribution in [-0.4, -0.2) is 95.8 Å². The molecule has 9 heteroatoms. The summed E-state index contributed by atoms with van der Waals surface area (Å²) in [6.45, 7) is 28.4. The Balaban J connectivity index is -0.0000000663. The molecule has 0 aliphatic heterocycles. The van der Waals surface area contributed by atoms with Crippen molar-refractivity contribution in [2.24, 2.45) is 0 Å².